The van der Waals surface area contributed by atoms with E-state index in [4.69, 9.17) is 11.6 Å². The van der Waals surface area contributed by atoms with Gasteiger partial charge in [0.15, 0.2) is 0 Å². The van der Waals surface area contributed by atoms with Crippen LogP contribution in [0.4, 0.5) is 0 Å². The zero-order valence-electron chi connectivity index (χ0n) is 6.39. The Hall–Kier alpha value is -0.0500. The van der Waals surface area contributed by atoms with E-state index >= 15 is 0 Å². The normalized spacial score (nSPS) is 12.8. The zero-order chi connectivity index (χ0) is 8.04. The molecular formula is C7H14ClNO. The van der Waals surface area contributed by atoms with Gasteiger partial charge in [0.2, 0.25) is 0 Å². The highest BCUT2D eigenvalue weighted by molar-refractivity contribution is 6.25. The van der Waals surface area contributed by atoms with Gasteiger partial charge in [-0.3, -0.25) is 0 Å². The monoisotopic (exact) mass is 163 g/mol. The molecule has 2 nitrogen and oxygen atoms in total. The largest absolute Gasteiger partial charge is 0.389 e. The lowest BCUT2D eigenvalue weighted by Gasteiger charge is -2.16. The summed E-state index contributed by atoms with van der Waals surface area (Å²) in [4.78, 5) is 0. The number of aliphatic hydroxyl groups is 1. The summed E-state index contributed by atoms with van der Waals surface area (Å²) in [5.74, 6) is 0. The average Bonchev–Trinajstić information content (AvgIpc) is 1.78. The van der Waals surface area contributed by atoms with Gasteiger partial charge < -0.3 is 10.4 Å². The third-order valence-electron chi connectivity index (χ3n) is 0.909. The Morgan fingerprint density at radius 2 is 2.20 bits per heavy atom. The molecule has 0 bridgehead atoms. The quantitative estimate of drug-likeness (QED) is 0.609. The molecule has 0 radical (unpaired) electrons. The van der Waals surface area contributed by atoms with Gasteiger partial charge in [0.05, 0.1) is 5.60 Å². The van der Waals surface area contributed by atoms with E-state index in [9.17, 15) is 5.11 Å². The summed E-state index contributed by atoms with van der Waals surface area (Å²) in [5, 5.41) is 12.2. The highest BCUT2D eigenvalue weighted by Crippen LogP contribution is 1.96. The minimum absolute atomic E-state index is 0.578. The molecule has 0 atom stereocenters. The Kier molecular flexibility index (Phi) is 4.69. The van der Waals surface area contributed by atoms with Crippen molar-refractivity contribution in [2.45, 2.75) is 19.4 Å². The fourth-order valence-electron chi connectivity index (χ4n) is 0.506. The maximum absolute atomic E-state index is 9.20. The van der Waals surface area contributed by atoms with Crippen LogP contribution in [0.1, 0.15) is 13.8 Å². The minimum atomic E-state index is -0.639. The first-order valence-corrected chi connectivity index (χ1v) is 3.68. The van der Waals surface area contributed by atoms with Crippen molar-refractivity contribution in [3.63, 3.8) is 0 Å². The predicted octanol–water partition coefficient (Wildman–Crippen LogP) is 1.10. The summed E-state index contributed by atoms with van der Waals surface area (Å²) in [5.41, 5.74) is 0.817. The van der Waals surface area contributed by atoms with Crippen LogP contribution in [0.25, 0.3) is 0 Å². The molecule has 0 spiro atoms. The van der Waals surface area contributed by atoms with Crippen LogP contribution in [0.15, 0.2) is 11.6 Å². The van der Waals surface area contributed by atoms with Gasteiger partial charge in [0.25, 0.3) is 0 Å². The van der Waals surface area contributed by atoms with Crippen molar-refractivity contribution in [2.75, 3.05) is 13.1 Å². The molecule has 0 saturated carbocycles. The van der Waals surface area contributed by atoms with Crippen LogP contribution in [0, 0.1) is 0 Å². The van der Waals surface area contributed by atoms with Gasteiger partial charge in [0.1, 0.15) is 0 Å². The van der Waals surface area contributed by atoms with Crippen LogP contribution in [0.2, 0.25) is 0 Å². The van der Waals surface area contributed by atoms with Gasteiger partial charge in [-0.2, -0.15) is 0 Å². The van der Waals surface area contributed by atoms with Crippen LogP contribution >= 0.6 is 11.6 Å². The summed E-state index contributed by atoms with van der Waals surface area (Å²) >= 11 is 5.27. The molecule has 0 aromatic rings. The first-order valence-electron chi connectivity index (χ1n) is 3.24. The fraction of sp³-hybridized carbons (Fsp3) is 0.714. The fourth-order valence-corrected chi connectivity index (χ4v) is 0.595. The van der Waals surface area contributed by atoms with E-state index in [1.165, 1.54) is 5.54 Å². The van der Waals surface area contributed by atoms with Gasteiger partial charge in [0, 0.05) is 18.6 Å². The summed E-state index contributed by atoms with van der Waals surface area (Å²) in [7, 11) is 0. The molecule has 0 aliphatic heterocycles. The standard InChI is InChI=1S/C7H14ClNO/c1-7(2,10)6-9-5-3-4-8/h3-4,9-10H,5-6H2,1-2H3/b4-3+. The van der Waals surface area contributed by atoms with Crippen molar-refractivity contribution in [1.82, 2.24) is 5.32 Å². The van der Waals surface area contributed by atoms with Gasteiger partial charge >= 0.3 is 0 Å². The Morgan fingerprint density at radius 3 is 2.60 bits per heavy atom. The van der Waals surface area contributed by atoms with Crippen molar-refractivity contribution in [2.24, 2.45) is 0 Å². The van der Waals surface area contributed by atoms with E-state index in [0.29, 0.717) is 13.1 Å². The smallest absolute Gasteiger partial charge is 0.0715 e. The maximum Gasteiger partial charge on any atom is 0.0715 e. The highest BCUT2D eigenvalue weighted by Gasteiger charge is 2.09. The first-order chi connectivity index (χ1) is 4.56. The van der Waals surface area contributed by atoms with Crippen molar-refractivity contribution in [3.05, 3.63) is 11.6 Å². The molecule has 0 unspecified atom stereocenters. The van der Waals surface area contributed by atoms with Crippen LogP contribution < -0.4 is 5.32 Å². The summed E-state index contributed by atoms with van der Waals surface area (Å²) in [6.45, 7) is 4.79. The van der Waals surface area contributed by atoms with Gasteiger partial charge in [-0.25, -0.2) is 0 Å². The van der Waals surface area contributed by atoms with Gasteiger partial charge in [-0.05, 0) is 13.8 Å². The third kappa shape index (κ3) is 7.95. The Labute approximate surface area is 66.9 Å². The molecular weight excluding hydrogens is 150 g/mol. The van der Waals surface area contributed by atoms with E-state index < -0.39 is 5.60 Å². The SMILES string of the molecule is CC(C)(O)CNC/C=C/Cl. The van der Waals surface area contributed by atoms with E-state index in [-0.39, 0.29) is 0 Å². The lowest BCUT2D eigenvalue weighted by molar-refractivity contribution is 0.0810. The van der Waals surface area contributed by atoms with Crippen molar-refractivity contribution in [3.8, 4) is 0 Å². The number of hydrogen-bond acceptors (Lipinski definition) is 2. The average molecular weight is 164 g/mol. The third-order valence-corrected chi connectivity index (χ3v) is 1.09. The van der Waals surface area contributed by atoms with E-state index in [1.54, 1.807) is 19.9 Å². The summed E-state index contributed by atoms with van der Waals surface area (Å²) in [6, 6.07) is 0. The Balaban J connectivity index is 3.20. The second-order valence-electron chi connectivity index (χ2n) is 2.81. The lowest BCUT2D eigenvalue weighted by Crippen LogP contribution is -2.34. The van der Waals surface area contributed by atoms with E-state index in [1.807, 2.05) is 0 Å². The molecule has 0 aromatic heterocycles. The van der Waals surface area contributed by atoms with Crippen molar-refractivity contribution >= 4 is 11.6 Å². The minimum Gasteiger partial charge on any atom is -0.389 e. The maximum atomic E-state index is 9.20. The number of hydrogen-bond donors (Lipinski definition) is 2. The lowest BCUT2D eigenvalue weighted by atomic mass is 10.1. The molecule has 0 rings (SSSR count). The van der Waals surface area contributed by atoms with E-state index in [0.717, 1.165) is 0 Å². The van der Waals surface area contributed by atoms with Crippen LogP contribution in [-0.4, -0.2) is 23.8 Å². The molecule has 60 valence electrons. The predicted molar refractivity (Wildman–Crippen MR) is 44.2 cm³/mol. The Morgan fingerprint density at radius 1 is 1.60 bits per heavy atom. The van der Waals surface area contributed by atoms with Crippen molar-refractivity contribution in [1.29, 1.82) is 0 Å². The van der Waals surface area contributed by atoms with E-state index in [2.05, 4.69) is 5.32 Å². The molecule has 10 heavy (non-hydrogen) atoms. The highest BCUT2D eigenvalue weighted by atomic mass is 35.5. The van der Waals surface area contributed by atoms with Crippen LogP contribution in [0.3, 0.4) is 0 Å². The topological polar surface area (TPSA) is 32.3 Å². The Bertz CT molecular complexity index is 107. The van der Waals surface area contributed by atoms with Crippen LogP contribution in [0.5, 0.6) is 0 Å². The molecule has 0 aromatic carbocycles. The van der Waals surface area contributed by atoms with Crippen LogP contribution in [-0.2, 0) is 0 Å². The van der Waals surface area contributed by atoms with Crippen molar-refractivity contribution < 1.29 is 5.11 Å². The second-order valence-corrected chi connectivity index (χ2v) is 3.06. The van der Waals surface area contributed by atoms with Gasteiger partial charge in [-0.15, -0.1) is 0 Å². The molecule has 0 aliphatic rings. The molecule has 0 aliphatic carbocycles. The molecule has 3 heteroatoms. The zero-order valence-corrected chi connectivity index (χ0v) is 7.15. The molecule has 0 saturated heterocycles. The van der Waals surface area contributed by atoms with Gasteiger partial charge in [-0.1, -0.05) is 17.7 Å². The second kappa shape index (κ2) is 4.72. The molecule has 0 fully saturated rings. The molecule has 0 amide bonds. The number of nitrogens with one attached hydrogen (secondary N) is 1. The molecule has 0 heterocycles. The number of halogens is 1. The summed E-state index contributed by atoms with van der Waals surface area (Å²) in [6.07, 6.45) is 1.79. The molecule has 2 N–H and O–H groups in total. The first kappa shape index (κ1) is 9.95. The number of rotatable bonds is 4. The summed E-state index contributed by atoms with van der Waals surface area (Å²) < 4.78 is 0.